The highest BCUT2D eigenvalue weighted by Gasteiger charge is 2.22. The van der Waals surface area contributed by atoms with Crippen molar-refractivity contribution >= 4 is 12.0 Å². The third-order valence-electron chi connectivity index (χ3n) is 2.78. The highest BCUT2D eigenvalue weighted by Crippen LogP contribution is 2.08. The molecule has 2 rings (SSSR count). The summed E-state index contributed by atoms with van der Waals surface area (Å²) in [7, 11) is 0. The zero-order valence-corrected chi connectivity index (χ0v) is 12.1. The summed E-state index contributed by atoms with van der Waals surface area (Å²) in [5.41, 5.74) is 0.943. The molecule has 0 aliphatic carbocycles. The molecule has 2 atom stereocenters. The van der Waals surface area contributed by atoms with Crippen molar-refractivity contribution in [1.82, 2.24) is 0 Å². The Morgan fingerprint density at radius 2 is 2.14 bits per heavy atom. The Bertz CT molecular complexity index is 453. The molecule has 0 bridgehead atoms. The Labute approximate surface area is 124 Å². The van der Waals surface area contributed by atoms with Gasteiger partial charge in [-0.1, -0.05) is 30.3 Å². The molecule has 0 amide bonds. The van der Waals surface area contributed by atoms with Crippen LogP contribution in [0.3, 0.4) is 0 Å². The molecule has 1 saturated heterocycles. The van der Waals surface area contributed by atoms with Crippen molar-refractivity contribution in [2.24, 2.45) is 0 Å². The van der Waals surface area contributed by atoms with Gasteiger partial charge < -0.3 is 18.9 Å². The molecular weight excluding hydrogens is 272 g/mol. The van der Waals surface area contributed by atoms with Crippen LogP contribution >= 0.6 is 0 Å². The van der Waals surface area contributed by atoms with Crippen molar-refractivity contribution in [3.8, 4) is 0 Å². The van der Waals surface area contributed by atoms with Gasteiger partial charge in [0, 0.05) is 6.08 Å². The number of carbonyl (C=O) groups is 1. The van der Waals surface area contributed by atoms with E-state index in [1.54, 1.807) is 13.0 Å². The van der Waals surface area contributed by atoms with Crippen molar-refractivity contribution in [2.45, 2.75) is 19.3 Å². The van der Waals surface area contributed by atoms with Crippen molar-refractivity contribution in [3.05, 3.63) is 42.0 Å². The summed E-state index contributed by atoms with van der Waals surface area (Å²) >= 11 is 0. The maximum atomic E-state index is 11.6. The first-order chi connectivity index (χ1) is 10.2. The molecule has 0 aromatic heterocycles. The van der Waals surface area contributed by atoms with Crippen LogP contribution < -0.4 is 0 Å². The standard InChI is InChI=1S/C16H20O5/c1-13(19-10-9-18-11-15-12-20-15)21-16(17)8-7-14-5-3-2-4-6-14/h2-8,13,15H,9-12H2,1H3/b8-7+. The Balaban J connectivity index is 1.56. The minimum absolute atomic E-state index is 0.253. The van der Waals surface area contributed by atoms with Gasteiger partial charge in [0.05, 0.1) is 26.4 Å². The third kappa shape index (κ3) is 7.04. The van der Waals surface area contributed by atoms with Crippen molar-refractivity contribution in [3.63, 3.8) is 0 Å². The fourth-order valence-electron chi connectivity index (χ4n) is 1.62. The van der Waals surface area contributed by atoms with E-state index in [2.05, 4.69) is 0 Å². The SMILES string of the molecule is CC(OCCOCC1CO1)OC(=O)/C=C/c1ccccc1. The molecule has 1 aliphatic heterocycles. The molecule has 5 nitrogen and oxygen atoms in total. The van der Waals surface area contributed by atoms with E-state index in [1.165, 1.54) is 6.08 Å². The van der Waals surface area contributed by atoms with Gasteiger partial charge in [-0.2, -0.15) is 0 Å². The van der Waals surface area contributed by atoms with Crippen LogP contribution in [0.15, 0.2) is 36.4 Å². The Morgan fingerprint density at radius 1 is 1.38 bits per heavy atom. The van der Waals surface area contributed by atoms with Crippen LogP contribution in [0.1, 0.15) is 12.5 Å². The molecule has 1 heterocycles. The van der Waals surface area contributed by atoms with Crippen molar-refractivity contribution < 1.29 is 23.7 Å². The quantitative estimate of drug-likeness (QED) is 0.229. The number of epoxide rings is 1. The summed E-state index contributed by atoms with van der Waals surface area (Å²) in [5, 5.41) is 0. The van der Waals surface area contributed by atoms with E-state index in [9.17, 15) is 4.79 Å². The van der Waals surface area contributed by atoms with E-state index in [0.717, 1.165) is 12.2 Å². The van der Waals surface area contributed by atoms with Crippen LogP contribution in [0.5, 0.6) is 0 Å². The summed E-state index contributed by atoms with van der Waals surface area (Å²) in [6.45, 7) is 3.89. The van der Waals surface area contributed by atoms with Gasteiger partial charge in [0.25, 0.3) is 0 Å². The average Bonchev–Trinajstić information content (AvgIpc) is 3.30. The van der Waals surface area contributed by atoms with Gasteiger partial charge in [0.15, 0.2) is 0 Å². The highest BCUT2D eigenvalue weighted by molar-refractivity contribution is 5.87. The lowest BCUT2D eigenvalue weighted by Crippen LogP contribution is -2.19. The number of rotatable bonds is 9. The van der Waals surface area contributed by atoms with Crippen molar-refractivity contribution in [1.29, 1.82) is 0 Å². The summed E-state index contributed by atoms with van der Waals surface area (Å²) in [4.78, 5) is 11.6. The van der Waals surface area contributed by atoms with E-state index in [0.29, 0.717) is 19.8 Å². The van der Waals surface area contributed by atoms with Crippen LogP contribution in [0, 0.1) is 0 Å². The molecule has 2 unspecified atom stereocenters. The topological polar surface area (TPSA) is 57.3 Å². The van der Waals surface area contributed by atoms with Crippen LogP contribution in [0.2, 0.25) is 0 Å². The first kappa shape index (κ1) is 15.7. The van der Waals surface area contributed by atoms with Gasteiger partial charge in [0.2, 0.25) is 6.29 Å². The fraction of sp³-hybridized carbons (Fsp3) is 0.438. The van der Waals surface area contributed by atoms with Crippen LogP contribution in [-0.4, -0.2) is 44.8 Å². The van der Waals surface area contributed by atoms with Gasteiger partial charge >= 0.3 is 5.97 Å². The molecule has 1 fully saturated rings. The van der Waals surface area contributed by atoms with Crippen LogP contribution in [0.4, 0.5) is 0 Å². The lowest BCUT2D eigenvalue weighted by Gasteiger charge is -2.12. The predicted molar refractivity (Wildman–Crippen MR) is 77.5 cm³/mol. The van der Waals surface area contributed by atoms with Gasteiger partial charge in [-0.05, 0) is 18.6 Å². The minimum atomic E-state index is -0.598. The number of benzene rings is 1. The summed E-state index contributed by atoms with van der Waals surface area (Å²) in [6, 6.07) is 9.55. The lowest BCUT2D eigenvalue weighted by atomic mass is 10.2. The normalized spacial score (nSPS) is 18.6. The maximum absolute atomic E-state index is 11.6. The first-order valence-corrected chi connectivity index (χ1v) is 6.99. The Morgan fingerprint density at radius 3 is 2.86 bits per heavy atom. The van der Waals surface area contributed by atoms with E-state index in [4.69, 9.17) is 18.9 Å². The van der Waals surface area contributed by atoms with E-state index < -0.39 is 12.3 Å². The fourth-order valence-corrected chi connectivity index (χ4v) is 1.62. The molecule has 1 aromatic carbocycles. The number of carbonyl (C=O) groups excluding carboxylic acids is 1. The summed E-state index contributed by atoms with van der Waals surface area (Å²) in [6.07, 6.45) is 2.74. The molecular formula is C16H20O5. The van der Waals surface area contributed by atoms with Crippen LogP contribution in [0.25, 0.3) is 6.08 Å². The Kier molecular flexibility index (Phi) is 6.40. The number of esters is 1. The second-order valence-electron chi connectivity index (χ2n) is 4.65. The Hall–Kier alpha value is -1.69. The second-order valence-corrected chi connectivity index (χ2v) is 4.65. The molecule has 0 spiro atoms. The molecule has 21 heavy (non-hydrogen) atoms. The second kappa shape index (κ2) is 8.56. The summed E-state index contributed by atoms with van der Waals surface area (Å²) in [5.74, 6) is -0.432. The van der Waals surface area contributed by atoms with Gasteiger partial charge in [-0.3, -0.25) is 0 Å². The van der Waals surface area contributed by atoms with E-state index in [1.807, 2.05) is 30.3 Å². The lowest BCUT2D eigenvalue weighted by molar-refractivity contribution is -0.171. The minimum Gasteiger partial charge on any atom is -0.433 e. The average molecular weight is 292 g/mol. The van der Waals surface area contributed by atoms with Gasteiger partial charge in [0.1, 0.15) is 6.10 Å². The third-order valence-corrected chi connectivity index (χ3v) is 2.78. The molecule has 0 N–H and O–H groups in total. The van der Waals surface area contributed by atoms with Crippen molar-refractivity contribution in [2.75, 3.05) is 26.4 Å². The molecule has 114 valence electrons. The maximum Gasteiger partial charge on any atom is 0.333 e. The highest BCUT2D eigenvalue weighted by atomic mass is 16.7. The number of hydrogen-bond acceptors (Lipinski definition) is 5. The largest absolute Gasteiger partial charge is 0.433 e. The molecule has 5 heteroatoms. The molecule has 1 aromatic rings. The summed E-state index contributed by atoms with van der Waals surface area (Å²) < 4.78 is 20.7. The van der Waals surface area contributed by atoms with Crippen LogP contribution in [-0.2, 0) is 23.7 Å². The first-order valence-electron chi connectivity index (χ1n) is 6.99. The molecule has 0 radical (unpaired) electrons. The smallest absolute Gasteiger partial charge is 0.333 e. The molecule has 0 saturated carbocycles. The number of hydrogen-bond donors (Lipinski definition) is 0. The monoisotopic (exact) mass is 292 g/mol. The van der Waals surface area contributed by atoms with E-state index >= 15 is 0 Å². The zero-order valence-electron chi connectivity index (χ0n) is 12.1. The number of ether oxygens (including phenoxy) is 4. The van der Waals surface area contributed by atoms with E-state index in [-0.39, 0.29) is 6.10 Å². The predicted octanol–water partition coefficient (Wildman–Crippen LogP) is 2.02. The van der Waals surface area contributed by atoms with Gasteiger partial charge in [-0.25, -0.2) is 4.79 Å². The van der Waals surface area contributed by atoms with Gasteiger partial charge in [-0.15, -0.1) is 0 Å². The molecule has 1 aliphatic rings. The zero-order chi connectivity index (χ0) is 14.9.